The van der Waals surface area contributed by atoms with Crippen LogP contribution in [0.1, 0.15) is 0 Å². The Bertz CT molecular complexity index is 473. The quantitative estimate of drug-likeness (QED) is 0.314. The summed E-state index contributed by atoms with van der Waals surface area (Å²) in [5, 5.41) is 46.7. The van der Waals surface area contributed by atoms with Crippen molar-refractivity contribution in [2.45, 2.75) is 30.7 Å². The molecule has 1 aromatic rings. The van der Waals surface area contributed by atoms with E-state index in [1.807, 2.05) is 0 Å². The van der Waals surface area contributed by atoms with Crippen molar-refractivity contribution in [3.63, 3.8) is 0 Å². The number of aromatic hydroxyl groups is 1. The van der Waals surface area contributed by atoms with E-state index >= 15 is 0 Å². The molecule has 1 saturated heterocycles. The predicted octanol–water partition coefficient (Wildman–Crippen LogP) is -1.90. The molecule has 8 heteroatoms. The minimum Gasteiger partial charge on any atom is -0.508 e. The van der Waals surface area contributed by atoms with Crippen LogP contribution < -0.4 is 4.74 Å². The molecule has 0 aromatic heterocycles. The van der Waals surface area contributed by atoms with Gasteiger partial charge in [0.15, 0.2) is 12.4 Å². The SMILES string of the molecule is O=C(Oc1ccc(O)cc1)[C@H]1O[C@@H](O)[C@H](O)[C@@H](O)[C@@H]1O. The van der Waals surface area contributed by atoms with Crippen molar-refractivity contribution in [3.8, 4) is 11.5 Å². The van der Waals surface area contributed by atoms with Gasteiger partial charge in [-0.25, -0.2) is 4.79 Å². The van der Waals surface area contributed by atoms with E-state index in [2.05, 4.69) is 0 Å². The number of aliphatic hydroxyl groups is 4. The molecule has 5 atom stereocenters. The standard InChI is InChI=1S/C12H14O8/c13-5-1-3-6(4-2-5)19-12(18)10-8(15)7(14)9(16)11(17)20-10/h1-4,7-11,13-17H/t7-,8-,9+,10-,11+/m0/s1. The van der Waals surface area contributed by atoms with Crippen LogP contribution in [0.15, 0.2) is 24.3 Å². The number of aliphatic hydroxyl groups excluding tert-OH is 4. The van der Waals surface area contributed by atoms with Crippen molar-refractivity contribution in [3.05, 3.63) is 24.3 Å². The molecule has 0 amide bonds. The fourth-order valence-corrected chi connectivity index (χ4v) is 1.74. The van der Waals surface area contributed by atoms with E-state index < -0.39 is 36.7 Å². The highest BCUT2D eigenvalue weighted by molar-refractivity contribution is 5.78. The van der Waals surface area contributed by atoms with Crippen LogP contribution in [0.2, 0.25) is 0 Å². The van der Waals surface area contributed by atoms with E-state index in [9.17, 15) is 25.2 Å². The Kier molecular flexibility index (Phi) is 4.21. The Labute approximate surface area is 113 Å². The van der Waals surface area contributed by atoms with Crippen LogP contribution in [-0.2, 0) is 9.53 Å². The smallest absolute Gasteiger partial charge is 0.343 e. The first-order chi connectivity index (χ1) is 9.40. The predicted molar refractivity (Wildman–Crippen MR) is 62.6 cm³/mol. The van der Waals surface area contributed by atoms with E-state index in [-0.39, 0.29) is 11.5 Å². The minimum atomic E-state index is -1.81. The molecule has 0 spiro atoms. The molecule has 1 heterocycles. The number of hydrogen-bond donors (Lipinski definition) is 5. The molecular formula is C12H14O8. The third-order valence-corrected chi connectivity index (χ3v) is 2.88. The van der Waals surface area contributed by atoms with Gasteiger partial charge in [-0.05, 0) is 24.3 Å². The van der Waals surface area contributed by atoms with Gasteiger partial charge in [0.1, 0.15) is 29.8 Å². The van der Waals surface area contributed by atoms with Crippen LogP contribution in [0.4, 0.5) is 0 Å². The van der Waals surface area contributed by atoms with Gasteiger partial charge in [0, 0.05) is 0 Å². The lowest BCUT2D eigenvalue weighted by atomic mass is 9.99. The van der Waals surface area contributed by atoms with E-state index in [0.717, 1.165) is 0 Å². The van der Waals surface area contributed by atoms with E-state index in [1.54, 1.807) is 0 Å². The first-order valence-electron chi connectivity index (χ1n) is 5.78. The number of benzene rings is 1. The molecule has 20 heavy (non-hydrogen) atoms. The van der Waals surface area contributed by atoms with Crippen LogP contribution >= 0.6 is 0 Å². The lowest BCUT2D eigenvalue weighted by Crippen LogP contribution is -2.60. The van der Waals surface area contributed by atoms with Gasteiger partial charge >= 0.3 is 5.97 Å². The van der Waals surface area contributed by atoms with Crippen LogP contribution in [0, 0.1) is 0 Å². The summed E-state index contributed by atoms with van der Waals surface area (Å²) in [5.74, 6) is -0.986. The Morgan fingerprint density at radius 2 is 1.60 bits per heavy atom. The zero-order valence-corrected chi connectivity index (χ0v) is 10.2. The molecule has 5 N–H and O–H groups in total. The van der Waals surface area contributed by atoms with Gasteiger partial charge in [-0.15, -0.1) is 0 Å². The maximum Gasteiger partial charge on any atom is 0.343 e. The summed E-state index contributed by atoms with van der Waals surface area (Å²) >= 11 is 0. The molecule has 1 aliphatic rings. The van der Waals surface area contributed by atoms with Gasteiger partial charge in [-0.2, -0.15) is 0 Å². The first-order valence-corrected chi connectivity index (χ1v) is 5.78. The van der Waals surface area contributed by atoms with Crippen molar-refractivity contribution in [1.82, 2.24) is 0 Å². The summed E-state index contributed by atoms with van der Waals surface area (Å²) in [4.78, 5) is 11.8. The first kappa shape index (κ1) is 14.7. The summed E-state index contributed by atoms with van der Waals surface area (Å²) in [7, 11) is 0. The van der Waals surface area contributed by atoms with Gasteiger partial charge in [0.2, 0.25) is 0 Å². The third kappa shape index (κ3) is 2.89. The van der Waals surface area contributed by atoms with Crippen molar-refractivity contribution in [1.29, 1.82) is 0 Å². The second-order valence-electron chi connectivity index (χ2n) is 4.33. The molecular weight excluding hydrogens is 272 g/mol. The van der Waals surface area contributed by atoms with Gasteiger partial charge in [-0.1, -0.05) is 0 Å². The summed E-state index contributed by atoms with van der Waals surface area (Å²) < 4.78 is 9.58. The van der Waals surface area contributed by atoms with Crippen LogP contribution in [0.25, 0.3) is 0 Å². The monoisotopic (exact) mass is 286 g/mol. The van der Waals surface area contributed by atoms with Gasteiger partial charge in [-0.3, -0.25) is 0 Å². The average Bonchev–Trinajstić information content (AvgIpc) is 2.43. The number of rotatable bonds is 2. The number of phenolic OH excluding ortho intramolecular Hbond substituents is 1. The number of ether oxygens (including phenoxy) is 2. The summed E-state index contributed by atoms with van der Waals surface area (Å²) in [6.45, 7) is 0. The fraction of sp³-hybridized carbons (Fsp3) is 0.417. The van der Waals surface area contributed by atoms with Crippen molar-refractivity contribution >= 4 is 5.97 Å². The van der Waals surface area contributed by atoms with E-state index in [1.165, 1.54) is 24.3 Å². The molecule has 0 bridgehead atoms. The highest BCUT2D eigenvalue weighted by atomic mass is 16.7. The minimum absolute atomic E-state index is 0.0206. The highest BCUT2D eigenvalue weighted by Crippen LogP contribution is 2.22. The largest absolute Gasteiger partial charge is 0.508 e. The molecule has 1 aromatic carbocycles. The number of esters is 1. The maximum atomic E-state index is 11.8. The highest BCUT2D eigenvalue weighted by Gasteiger charge is 2.47. The van der Waals surface area contributed by atoms with Crippen molar-refractivity contribution in [2.24, 2.45) is 0 Å². The zero-order chi connectivity index (χ0) is 14.9. The lowest BCUT2D eigenvalue weighted by molar-refractivity contribution is -0.279. The summed E-state index contributed by atoms with van der Waals surface area (Å²) in [5.41, 5.74) is 0. The molecule has 0 radical (unpaired) electrons. The van der Waals surface area contributed by atoms with E-state index in [4.69, 9.17) is 14.6 Å². The van der Waals surface area contributed by atoms with Crippen LogP contribution in [-0.4, -0.2) is 62.2 Å². The Hall–Kier alpha value is -1.71. The molecule has 1 aliphatic heterocycles. The van der Waals surface area contributed by atoms with E-state index in [0.29, 0.717) is 0 Å². The normalized spacial score (nSPS) is 33.7. The van der Waals surface area contributed by atoms with Gasteiger partial charge < -0.3 is 35.0 Å². The summed E-state index contributed by atoms with van der Waals surface area (Å²) in [6, 6.07) is 5.19. The second kappa shape index (κ2) is 5.73. The van der Waals surface area contributed by atoms with Gasteiger partial charge in [0.25, 0.3) is 0 Å². The van der Waals surface area contributed by atoms with Gasteiger partial charge in [0.05, 0.1) is 0 Å². The molecule has 0 saturated carbocycles. The molecule has 8 nitrogen and oxygen atoms in total. The molecule has 0 unspecified atom stereocenters. The number of phenols is 1. The fourth-order valence-electron chi connectivity index (χ4n) is 1.74. The number of carbonyl (C=O) groups is 1. The average molecular weight is 286 g/mol. The molecule has 1 fully saturated rings. The Morgan fingerprint density at radius 3 is 2.20 bits per heavy atom. The number of carbonyl (C=O) groups excluding carboxylic acids is 1. The second-order valence-corrected chi connectivity index (χ2v) is 4.33. The summed E-state index contributed by atoms with van der Waals surface area (Å²) in [6.07, 6.45) is -8.65. The number of hydrogen-bond acceptors (Lipinski definition) is 8. The third-order valence-electron chi connectivity index (χ3n) is 2.88. The Morgan fingerprint density at radius 1 is 1.00 bits per heavy atom. The van der Waals surface area contributed by atoms with Crippen LogP contribution in [0.3, 0.4) is 0 Å². The topological polar surface area (TPSA) is 137 Å². The molecule has 2 rings (SSSR count). The lowest BCUT2D eigenvalue weighted by Gasteiger charge is -2.36. The van der Waals surface area contributed by atoms with Crippen molar-refractivity contribution in [2.75, 3.05) is 0 Å². The molecule has 0 aliphatic carbocycles. The zero-order valence-electron chi connectivity index (χ0n) is 10.2. The molecule has 110 valence electrons. The maximum absolute atomic E-state index is 11.8. The van der Waals surface area contributed by atoms with Crippen molar-refractivity contribution < 1.29 is 39.8 Å². The Balaban J connectivity index is 2.06. The van der Waals surface area contributed by atoms with Crippen LogP contribution in [0.5, 0.6) is 11.5 Å².